The molecule has 2 aliphatic rings. The average molecular weight is 255 g/mol. The normalized spacial score (nSPS) is 43.5. The molecule has 2 N–H and O–H groups in total. The molecular weight excluding hydrogens is 226 g/mol. The van der Waals surface area contributed by atoms with Crippen LogP contribution in [0.4, 0.5) is 0 Å². The van der Waals surface area contributed by atoms with Crippen molar-refractivity contribution in [2.45, 2.75) is 90.3 Å². The van der Waals surface area contributed by atoms with Crippen LogP contribution < -0.4 is 5.73 Å². The zero-order valence-electron chi connectivity index (χ0n) is 12.3. The van der Waals surface area contributed by atoms with Gasteiger partial charge in [-0.1, -0.05) is 13.8 Å². The molecule has 0 spiro atoms. The Labute approximate surface area is 111 Å². The molecule has 106 valence electrons. The summed E-state index contributed by atoms with van der Waals surface area (Å²) < 4.78 is 12.1. The van der Waals surface area contributed by atoms with Crippen molar-refractivity contribution >= 4 is 0 Å². The maximum Gasteiger partial charge on any atom is 0.0664 e. The molecule has 18 heavy (non-hydrogen) atoms. The SMILES string of the molecule is CCC1(CC)C(N)CC1OC1CC(C)OC(C)C1. The minimum atomic E-state index is 0.227. The molecule has 4 unspecified atom stereocenters. The van der Waals surface area contributed by atoms with Crippen molar-refractivity contribution in [3.05, 3.63) is 0 Å². The molecule has 3 heteroatoms. The summed E-state index contributed by atoms with van der Waals surface area (Å²) in [7, 11) is 0. The molecule has 0 radical (unpaired) electrons. The fourth-order valence-electron chi connectivity index (χ4n) is 3.89. The number of rotatable bonds is 4. The molecule has 2 rings (SSSR count). The lowest BCUT2D eigenvalue weighted by Crippen LogP contribution is -2.62. The third-order valence-electron chi connectivity index (χ3n) is 5.18. The van der Waals surface area contributed by atoms with E-state index in [0.29, 0.717) is 30.5 Å². The van der Waals surface area contributed by atoms with Crippen LogP contribution in [0.2, 0.25) is 0 Å². The van der Waals surface area contributed by atoms with Gasteiger partial charge < -0.3 is 15.2 Å². The lowest BCUT2D eigenvalue weighted by atomic mass is 9.59. The maximum absolute atomic E-state index is 6.38. The van der Waals surface area contributed by atoms with Gasteiger partial charge in [-0.05, 0) is 46.0 Å². The van der Waals surface area contributed by atoms with E-state index >= 15 is 0 Å². The molecule has 3 nitrogen and oxygen atoms in total. The zero-order valence-corrected chi connectivity index (χ0v) is 12.3. The molecule has 0 aromatic heterocycles. The van der Waals surface area contributed by atoms with Gasteiger partial charge in [-0.3, -0.25) is 0 Å². The minimum absolute atomic E-state index is 0.227. The van der Waals surface area contributed by atoms with Crippen molar-refractivity contribution in [2.75, 3.05) is 0 Å². The van der Waals surface area contributed by atoms with Crippen LogP contribution in [0, 0.1) is 5.41 Å². The van der Waals surface area contributed by atoms with E-state index in [1.54, 1.807) is 0 Å². The molecule has 1 saturated heterocycles. The molecule has 1 heterocycles. The van der Waals surface area contributed by atoms with Crippen molar-refractivity contribution < 1.29 is 9.47 Å². The first-order valence-electron chi connectivity index (χ1n) is 7.58. The van der Waals surface area contributed by atoms with Crippen LogP contribution in [0.3, 0.4) is 0 Å². The van der Waals surface area contributed by atoms with E-state index in [0.717, 1.165) is 32.1 Å². The summed E-state index contributed by atoms with van der Waals surface area (Å²) in [6.07, 6.45) is 6.72. The van der Waals surface area contributed by atoms with Crippen LogP contribution in [-0.4, -0.2) is 30.5 Å². The van der Waals surface area contributed by atoms with Crippen molar-refractivity contribution in [1.29, 1.82) is 0 Å². The lowest BCUT2D eigenvalue weighted by Gasteiger charge is -2.55. The van der Waals surface area contributed by atoms with E-state index in [4.69, 9.17) is 15.2 Å². The van der Waals surface area contributed by atoms with E-state index in [9.17, 15) is 0 Å². The topological polar surface area (TPSA) is 44.5 Å². The molecule has 0 aromatic carbocycles. The third kappa shape index (κ3) is 2.45. The van der Waals surface area contributed by atoms with Gasteiger partial charge in [0.25, 0.3) is 0 Å². The summed E-state index contributed by atoms with van der Waals surface area (Å²) in [5.74, 6) is 0. The Morgan fingerprint density at radius 3 is 2.11 bits per heavy atom. The summed E-state index contributed by atoms with van der Waals surface area (Å²) in [5, 5.41) is 0. The van der Waals surface area contributed by atoms with Gasteiger partial charge in [0.1, 0.15) is 0 Å². The van der Waals surface area contributed by atoms with Gasteiger partial charge in [0.2, 0.25) is 0 Å². The van der Waals surface area contributed by atoms with Gasteiger partial charge in [-0.15, -0.1) is 0 Å². The third-order valence-corrected chi connectivity index (χ3v) is 5.18. The van der Waals surface area contributed by atoms with Crippen molar-refractivity contribution in [1.82, 2.24) is 0 Å². The second-order valence-electron chi connectivity index (χ2n) is 6.26. The Hall–Kier alpha value is -0.120. The minimum Gasteiger partial charge on any atom is -0.375 e. The molecule has 0 bridgehead atoms. The Morgan fingerprint density at radius 1 is 1.11 bits per heavy atom. The molecule has 1 saturated carbocycles. The first-order valence-corrected chi connectivity index (χ1v) is 7.58. The summed E-state index contributed by atoms with van der Waals surface area (Å²) in [5.41, 5.74) is 6.45. The molecule has 2 fully saturated rings. The van der Waals surface area contributed by atoms with Gasteiger partial charge >= 0.3 is 0 Å². The zero-order chi connectivity index (χ0) is 13.3. The second kappa shape index (κ2) is 5.48. The quantitative estimate of drug-likeness (QED) is 0.840. The van der Waals surface area contributed by atoms with E-state index < -0.39 is 0 Å². The van der Waals surface area contributed by atoms with Gasteiger partial charge in [-0.2, -0.15) is 0 Å². The van der Waals surface area contributed by atoms with Crippen molar-refractivity contribution in [3.63, 3.8) is 0 Å². The van der Waals surface area contributed by atoms with Crippen LogP contribution in [0.5, 0.6) is 0 Å². The fraction of sp³-hybridized carbons (Fsp3) is 1.00. The van der Waals surface area contributed by atoms with E-state index in [2.05, 4.69) is 27.7 Å². The monoisotopic (exact) mass is 255 g/mol. The largest absolute Gasteiger partial charge is 0.375 e. The standard InChI is InChI=1S/C15H29NO2/c1-5-15(6-2)13(16)9-14(15)18-12-7-10(3)17-11(4)8-12/h10-14H,5-9,16H2,1-4H3. The van der Waals surface area contributed by atoms with Crippen molar-refractivity contribution in [2.24, 2.45) is 11.1 Å². The number of hydrogen-bond acceptors (Lipinski definition) is 3. The molecule has 4 atom stereocenters. The van der Waals surface area contributed by atoms with Crippen LogP contribution in [-0.2, 0) is 9.47 Å². The van der Waals surface area contributed by atoms with Crippen LogP contribution >= 0.6 is 0 Å². The first-order chi connectivity index (χ1) is 8.51. The number of ether oxygens (including phenoxy) is 2. The van der Waals surface area contributed by atoms with Crippen molar-refractivity contribution in [3.8, 4) is 0 Å². The predicted octanol–water partition coefficient (Wildman–Crippen LogP) is 2.87. The molecule has 1 aliphatic carbocycles. The van der Waals surface area contributed by atoms with E-state index in [1.165, 1.54) is 0 Å². The maximum atomic E-state index is 6.38. The van der Waals surface area contributed by atoms with E-state index in [-0.39, 0.29) is 5.41 Å². The summed E-state index contributed by atoms with van der Waals surface area (Å²) >= 11 is 0. The highest BCUT2D eigenvalue weighted by Crippen LogP contribution is 2.48. The lowest BCUT2D eigenvalue weighted by molar-refractivity contribution is -0.191. The van der Waals surface area contributed by atoms with Gasteiger partial charge in [-0.25, -0.2) is 0 Å². The highest BCUT2D eigenvalue weighted by atomic mass is 16.5. The smallest absolute Gasteiger partial charge is 0.0664 e. The fourth-order valence-corrected chi connectivity index (χ4v) is 3.89. The van der Waals surface area contributed by atoms with Crippen LogP contribution in [0.1, 0.15) is 59.8 Å². The van der Waals surface area contributed by atoms with Gasteiger partial charge in [0.15, 0.2) is 0 Å². The van der Waals surface area contributed by atoms with Gasteiger partial charge in [0.05, 0.1) is 24.4 Å². The van der Waals surface area contributed by atoms with Crippen LogP contribution in [0.25, 0.3) is 0 Å². The number of nitrogens with two attached hydrogens (primary N) is 1. The van der Waals surface area contributed by atoms with Gasteiger partial charge in [0, 0.05) is 11.5 Å². The Morgan fingerprint density at radius 2 is 1.67 bits per heavy atom. The Kier molecular flexibility index (Phi) is 4.35. The highest BCUT2D eigenvalue weighted by molar-refractivity contribution is 5.05. The van der Waals surface area contributed by atoms with Crippen LogP contribution in [0.15, 0.2) is 0 Å². The highest BCUT2D eigenvalue weighted by Gasteiger charge is 2.52. The number of hydrogen-bond donors (Lipinski definition) is 1. The molecular formula is C15H29NO2. The predicted molar refractivity (Wildman–Crippen MR) is 73.5 cm³/mol. The average Bonchev–Trinajstić information content (AvgIpc) is 2.29. The molecule has 1 aliphatic heterocycles. The molecule has 0 amide bonds. The Bertz CT molecular complexity index is 268. The summed E-state index contributed by atoms with van der Waals surface area (Å²) in [6, 6.07) is 0.326. The summed E-state index contributed by atoms with van der Waals surface area (Å²) in [4.78, 5) is 0. The summed E-state index contributed by atoms with van der Waals surface area (Å²) in [6.45, 7) is 8.78. The first kappa shape index (κ1) is 14.3. The molecule has 0 aromatic rings. The Balaban J connectivity index is 1.93. The van der Waals surface area contributed by atoms with E-state index in [1.807, 2.05) is 0 Å². The second-order valence-corrected chi connectivity index (χ2v) is 6.26.